The summed E-state index contributed by atoms with van der Waals surface area (Å²) in [5.74, 6) is -0.609. The number of hydrogen-bond donors (Lipinski definition) is 3. The number of carbonyl (C=O) groups is 2. The fourth-order valence-electron chi connectivity index (χ4n) is 2.67. The minimum atomic E-state index is -0.373. The molecule has 0 atom stereocenters. The summed E-state index contributed by atoms with van der Waals surface area (Å²) in [6.07, 6.45) is 3.90. The molecule has 2 rings (SSSR count). The molecule has 0 saturated heterocycles. The highest BCUT2D eigenvalue weighted by Gasteiger charge is 2.33. The molecule has 8 heteroatoms. The number of nitrogens with one attached hydrogen (secondary N) is 2. The zero-order chi connectivity index (χ0) is 16.2. The molecular weight excluding hydrogens is 361 g/mol. The van der Waals surface area contributed by atoms with Crippen LogP contribution in [0.5, 0.6) is 0 Å². The van der Waals surface area contributed by atoms with Crippen LogP contribution in [0.2, 0.25) is 10.0 Å². The standard InChI is InChI=1S/C15H19Cl2N3O2.ClH/c16-11-4-3-10(7-12(11)17)14(22)19-8-13(21)20-15(9-18)5-1-2-6-15;/h3-4,7H,1-2,5-6,8-9,18H2,(H,19,22)(H,20,21);1H. The first-order valence-corrected chi connectivity index (χ1v) is 7.96. The summed E-state index contributed by atoms with van der Waals surface area (Å²) in [7, 11) is 0. The van der Waals surface area contributed by atoms with Crippen molar-refractivity contribution in [2.24, 2.45) is 5.73 Å². The van der Waals surface area contributed by atoms with Gasteiger partial charge in [0, 0.05) is 12.1 Å². The molecule has 0 unspecified atom stereocenters. The maximum absolute atomic E-state index is 12.0. The first kappa shape index (κ1) is 20.0. The molecule has 0 radical (unpaired) electrons. The fraction of sp³-hybridized carbons (Fsp3) is 0.467. The summed E-state index contributed by atoms with van der Waals surface area (Å²) in [5, 5.41) is 6.19. The molecule has 23 heavy (non-hydrogen) atoms. The number of benzene rings is 1. The molecule has 2 amide bonds. The van der Waals surface area contributed by atoms with E-state index in [9.17, 15) is 9.59 Å². The normalized spacial score (nSPS) is 15.6. The van der Waals surface area contributed by atoms with Crippen molar-refractivity contribution < 1.29 is 9.59 Å². The third kappa shape index (κ3) is 5.24. The lowest BCUT2D eigenvalue weighted by molar-refractivity contribution is -0.121. The summed E-state index contributed by atoms with van der Waals surface area (Å²) in [6.45, 7) is 0.320. The van der Waals surface area contributed by atoms with E-state index in [1.165, 1.54) is 6.07 Å². The smallest absolute Gasteiger partial charge is 0.251 e. The summed E-state index contributed by atoms with van der Waals surface area (Å²) in [5.41, 5.74) is 5.81. The Morgan fingerprint density at radius 3 is 2.39 bits per heavy atom. The minimum Gasteiger partial charge on any atom is -0.348 e. The topological polar surface area (TPSA) is 84.2 Å². The van der Waals surface area contributed by atoms with E-state index in [4.69, 9.17) is 28.9 Å². The molecule has 4 N–H and O–H groups in total. The van der Waals surface area contributed by atoms with E-state index < -0.39 is 0 Å². The van der Waals surface area contributed by atoms with Crippen molar-refractivity contribution in [1.82, 2.24) is 10.6 Å². The molecular formula is C15H20Cl3N3O2. The van der Waals surface area contributed by atoms with Crippen molar-refractivity contribution in [2.75, 3.05) is 13.1 Å². The van der Waals surface area contributed by atoms with Crippen LogP contribution < -0.4 is 16.4 Å². The average Bonchev–Trinajstić information content (AvgIpc) is 2.96. The highest BCUT2D eigenvalue weighted by atomic mass is 35.5. The predicted octanol–water partition coefficient (Wildman–Crippen LogP) is 2.53. The van der Waals surface area contributed by atoms with E-state index in [0.29, 0.717) is 22.2 Å². The SMILES string of the molecule is Cl.NCC1(NC(=O)CNC(=O)c2ccc(Cl)c(Cl)c2)CCCC1. The number of halogens is 3. The van der Waals surface area contributed by atoms with Crippen LogP contribution in [0.4, 0.5) is 0 Å². The molecule has 5 nitrogen and oxygen atoms in total. The summed E-state index contributed by atoms with van der Waals surface area (Å²) >= 11 is 11.7. The fourth-order valence-corrected chi connectivity index (χ4v) is 2.97. The van der Waals surface area contributed by atoms with Crippen LogP contribution in [0, 0.1) is 0 Å². The van der Waals surface area contributed by atoms with E-state index in [1.807, 2.05) is 0 Å². The summed E-state index contributed by atoms with van der Waals surface area (Å²) < 4.78 is 0. The zero-order valence-corrected chi connectivity index (χ0v) is 14.9. The lowest BCUT2D eigenvalue weighted by Crippen LogP contribution is -2.54. The second-order valence-corrected chi connectivity index (χ2v) is 6.37. The van der Waals surface area contributed by atoms with Crippen LogP contribution in [0.25, 0.3) is 0 Å². The minimum absolute atomic E-state index is 0. The highest BCUT2D eigenvalue weighted by Crippen LogP contribution is 2.28. The second-order valence-electron chi connectivity index (χ2n) is 5.55. The molecule has 1 fully saturated rings. The Hall–Kier alpha value is -1.01. The van der Waals surface area contributed by atoms with Gasteiger partial charge in [0.1, 0.15) is 0 Å². The maximum atomic E-state index is 12.0. The molecule has 0 spiro atoms. The third-order valence-corrected chi connectivity index (χ3v) is 4.69. The van der Waals surface area contributed by atoms with E-state index in [0.717, 1.165) is 25.7 Å². The molecule has 1 aliphatic rings. The number of hydrogen-bond acceptors (Lipinski definition) is 3. The van der Waals surface area contributed by atoms with Gasteiger partial charge in [-0.3, -0.25) is 9.59 Å². The maximum Gasteiger partial charge on any atom is 0.251 e. The molecule has 0 bridgehead atoms. The average molecular weight is 381 g/mol. The zero-order valence-electron chi connectivity index (χ0n) is 12.5. The largest absolute Gasteiger partial charge is 0.348 e. The molecule has 1 saturated carbocycles. The molecule has 128 valence electrons. The van der Waals surface area contributed by atoms with Crippen LogP contribution in [-0.4, -0.2) is 30.4 Å². The van der Waals surface area contributed by atoms with Crippen molar-refractivity contribution in [3.05, 3.63) is 33.8 Å². The predicted molar refractivity (Wildman–Crippen MR) is 94.4 cm³/mol. The van der Waals surface area contributed by atoms with Gasteiger partial charge in [0.2, 0.25) is 5.91 Å². The van der Waals surface area contributed by atoms with Crippen LogP contribution in [0.1, 0.15) is 36.0 Å². The monoisotopic (exact) mass is 379 g/mol. The van der Waals surface area contributed by atoms with Crippen molar-refractivity contribution in [3.8, 4) is 0 Å². The summed E-state index contributed by atoms with van der Waals surface area (Å²) in [6, 6.07) is 4.57. The van der Waals surface area contributed by atoms with Crippen molar-refractivity contribution in [3.63, 3.8) is 0 Å². The van der Waals surface area contributed by atoms with Crippen LogP contribution in [0.15, 0.2) is 18.2 Å². The van der Waals surface area contributed by atoms with Gasteiger partial charge in [-0.15, -0.1) is 12.4 Å². The van der Waals surface area contributed by atoms with Gasteiger partial charge in [-0.2, -0.15) is 0 Å². The van der Waals surface area contributed by atoms with Crippen LogP contribution in [0.3, 0.4) is 0 Å². The van der Waals surface area contributed by atoms with Gasteiger partial charge in [-0.25, -0.2) is 0 Å². The van der Waals surface area contributed by atoms with E-state index in [2.05, 4.69) is 10.6 Å². The molecule has 1 aliphatic carbocycles. The number of nitrogens with two attached hydrogens (primary N) is 1. The van der Waals surface area contributed by atoms with Gasteiger partial charge in [-0.05, 0) is 31.0 Å². The van der Waals surface area contributed by atoms with E-state index >= 15 is 0 Å². The second kappa shape index (κ2) is 8.73. The van der Waals surface area contributed by atoms with Gasteiger partial charge in [0.05, 0.1) is 22.1 Å². The van der Waals surface area contributed by atoms with Gasteiger partial charge in [0.15, 0.2) is 0 Å². The number of carbonyl (C=O) groups excluding carboxylic acids is 2. The molecule has 1 aromatic rings. The Morgan fingerprint density at radius 2 is 1.83 bits per heavy atom. The third-order valence-electron chi connectivity index (χ3n) is 3.95. The van der Waals surface area contributed by atoms with E-state index in [-0.39, 0.29) is 36.3 Å². The highest BCUT2D eigenvalue weighted by molar-refractivity contribution is 6.42. The number of amides is 2. The Morgan fingerprint density at radius 1 is 1.17 bits per heavy atom. The lowest BCUT2D eigenvalue weighted by atomic mass is 9.98. The van der Waals surface area contributed by atoms with E-state index in [1.54, 1.807) is 12.1 Å². The van der Waals surface area contributed by atoms with Crippen LogP contribution >= 0.6 is 35.6 Å². The first-order chi connectivity index (χ1) is 10.5. The van der Waals surface area contributed by atoms with Gasteiger partial charge < -0.3 is 16.4 Å². The summed E-state index contributed by atoms with van der Waals surface area (Å²) in [4.78, 5) is 24.0. The van der Waals surface area contributed by atoms with Gasteiger partial charge in [0.25, 0.3) is 5.91 Å². The van der Waals surface area contributed by atoms with Crippen molar-refractivity contribution in [2.45, 2.75) is 31.2 Å². The molecule has 1 aromatic carbocycles. The lowest BCUT2D eigenvalue weighted by Gasteiger charge is -2.28. The Bertz CT molecular complexity index is 575. The quantitative estimate of drug-likeness (QED) is 0.734. The van der Waals surface area contributed by atoms with Gasteiger partial charge >= 0.3 is 0 Å². The van der Waals surface area contributed by atoms with Crippen molar-refractivity contribution in [1.29, 1.82) is 0 Å². The molecule has 0 aliphatic heterocycles. The Balaban J connectivity index is 0.00000264. The van der Waals surface area contributed by atoms with Crippen molar-refractivity contribution >= 4 is 47.4 Å². The molecule has 0 aromatic heterocycles. The molecule has 0 heterocycles. The first-order valence-electron chi connectivity index (χ1n) is 7.20. The van der Waals surface area contributed by atoms with Gasteiger partial charge in [-0.1, -0.05) is 36.0 Å². The Labute approximate surface area is 151 Å². The van der Waals surface area contributed by atoms with Crippen LogP contribution in [-0.2, 0) is 4.79 Å². The Kier molecular flexibility index (Phi) is 7.61. The number of rotatable bonds is 5.